The molecule has 2 amide bonds. The fraction of sp³-hybridized carbons (Fsp3) is 0.850. The van der Waals surface area contributed by atoms with Gasteiger partial charge in [-0.3, -0.25) is 19.3 Å². The molecule has 1 aliphatic carbocycles. The van der Waals surface area contributed by atoms with Crippen LogP contribution in [0.4, 0.5) is 0 Å². The average molecular weight is 368 g/mol. The lowest BCUT2D eigenvalue weighted by atomic mass is 9.73. The van der Waals surface area contributed by atoms with Gasteiger partial charge in [-0.05, 0) is 31.6 Å². The number of hydrogen-bond acceptors (Lipinski definition) is 4. The van der Waals surface area contributed by atoms with Crippen molar-refractivity contribution in [1.82, 2.24) is 4.90 Å². The van der Waals surface area contributed by atoms with Gasteiger partial charge >= 0.3 is 0 Å². The fourth-order valence-electron chi connectivity index (χ4n) is 3.84. The molecule has 2 fully saturated rings. The van der Waals surface area contributed by atoms with Gasteiger partial charge in [0, 0.05) is 29.0 Å². The first-order valence-corrected chi connectivity index (χ1v) is 10.3. The Balaban J connectivity index is 1.88. The maximum absolute atomic E-state index is 12.6. The Morgan fingerprint density at radius 1 is 1.04 bits per heavy atom. The van der Waals surface area contributed by atoms with Crippen molar-refractivity contribution in [2.24, 2.45) is 17.3 Å². The van der Waals surface area contributed by atoms with Crippen LogP contribution in [-0.4, -0.2) is 39.0 Å². The van der Waals surface area contributed by atoms with Gasteiger partial charge in [0.1, 0.15) is 5.78 Å². The summed E-state index contributed by atoms with van der Waals surface area (Å²) in [6.45, 7) is 12.7. The third-order valence-electron chi connectivity index (χ3n) is 5.10. The fourth-order valence-corrected chi connectivity index (χ4v) is 5.15. The molecule has 0 spiro atoms. The molecule has 0 radical (unpaired) electrons. The van der Waals surface area contributed by atoms with Crippen LogP contribution in [0, 0.1) is 17.3 Å². The molecule has 0 bridgehead atoms. The quantitative estimate of drug-likeness (QED) is 0.703. The van der Waals surface area contributed by atoms with Crippen LogP contribution in [0.2, 0.25) is 0 Å². The van der Waals surface area contributed by atoms with Crippen molar-refractivity contribution in [3.63, 3.8) is 0 Å². The van der Waals surface area contributed by atoms with Gasteiger partial charge in [0.2, 0.25) is 11.8 Å². The Kier molecular flexibility index (Phi) is 6.07. The van der Waals surface area contributed by atoms with Crippen molar-refractivity contribution in [3.8, 4) is 0 Å². The lowest BCUT2D eigenvalue weighted by Gasteiger charge is -2.33. The summed E-state index contributed by atoms with van der Waals surface area (Å²) in [6, 6.07) is 0. The SMILES string of the molecule is CC(C)(C)SC1CC(=O)N(CC2CCC(C(=O)C(C)(C)C)CC2)C1=O. The van der Waals surface area contributed by atoms with Gasteiger partial charge < -0.3 is 0 Å². The monoisotopic (exact) mass is 367 g/mol. The molecule has 1 aliphatic heterocycles. The number of amides is 2. The minimum atomic E-state index is -0.282. The van der Waals surface area contributed by atoms with Crippen LogP contribution < -0.4 is 0 Å². The number of nitrogens with zero attached hydrogens (tertiary/aromatic N) is 1. The third-order valence-corrected chi connectivity index (χ3v) is 6.46. The van der Waals surface area contributed by atoms with E-state index in [1.54, 1.807) is 11.8 Å². The number of hydrogen-bond donors (Lipinski definition) is 0. The van der Waals surface area contributed by atoms with Crippen molar-refractivity contribution in [2.45, 2.75) is 83.6 Å². The molecule has 0 N–H and O–H groups in total. The van der Waals surface area contributed by atoms with Crippen LogP contribution in [-0.2, 0) is 14.4 Å². The second-order valence-electron chi connectivity index (χ2n) is 9.60. The lowest BCUT2D eigenvalue weighted by molar-refractivity contribution is -0.140. The Morgan fingerprint density at radius 3 is 2.08 bits per heavy atom. The summed E-state index contributed by atoms with van der Waals surface area (Å²) >= 11 is 1.59. The van der Waals surface area contributed by atoms with E-state index < -0.39 is 0 Å². The van der Waals surface area contributed by atoms with Crippen molar-refractivity contribution in [3.05, 3.63) is 0 Å². The molecule has 2 rings (SSSR count). The van der Waals surface area contributed by atoms with Crippen LogP contribution in [0.5, 0.6) is 0 Å². The van der Waals surface area contributed by atoms with Gasteiger partial charge in [0.05, 0.1) is 5.25 Å². The van der Waals surface area contributed by atoms with Crippen molar-refractivity contribution in [1.29, 1.82) is 0 Å². The molecule has 2 aliphatic rings. The Hall–Kier alpha value is -0.840. The van der Waals surface area contributed by atoms with Crippen LogP contribution in [0.3, 0.4) is 0 Å². The molecule has 4 nitrogen and oxygen atoms in total. The number of carbonyl (C=O) groups is 3. The topological polar surface area (TPSA) is 54.5 Å². The number of Topliss-reactive ketones (excluding diaryl/α,β-unsaturated/α-hetero) is 1. The van der Waals surface area contributed by atoms with E-state index in [1.165, 1.54) is 4.90 Å². The highest BCUT2D eigenvalue weighted by Crippen LogP contribution is 2.37. The summed E-state index contributed by atoms with van der Waals surface area (Å²) in [5.41, 5.74) is -0.282. The molecule has 5 heteroatoms. The van der Waals surface area contributed by atoms with E-state index in [-0.39, 0.29) is 33.1 Å². The molecular weight excluding hydrogens is 334 g/mol. The molecule has 1 heterocycles. The summed E-state index contributed by atoms with van der Waals surface area (Å²) in [5.74, 6) is 0.791. The van der Waals surface area contributed by atoms with Crippen molar-refractivity contribution >= 4 is 29.4 Å². The molecule has 1 unspecified atom stereocenters. The zero-order valence-corrected chi connectivity index (χ0v) is 17.4. The Bertz CT molecular complexity index is 536. The van der Waals surface area contributed by atoms with E-state index in [9.17, 15) is 14.4 Å². The molecule has 1 atom stereocenters. The second kappa shape index (κ2) is 7.42. The molecule has 142 valence electrons. The van der Waals surface area contributed by atoms with Crippen LogP contribution in [0.1, 0.15) is 73.6 Å². The first-order valence-electron chi connectivity index (χ1n) is 9.45. The number of imide groups is 1. The van der Waals surface area contributed by atoms with E-state index in [0.29, 0.717) is 24.7 Å². The summed E-state index contributed by atoms with van der Waals surface area (Å²) in [7, 11) is 0. The van der Waals surface area contributed by atoms with E-state index in [2.05, 4.69) is 20.8 Å². The summed E-state index contributed by atoms with van der Waals surface area (Å²) in [6.07, 6.45) is 3.97. The minimum absolute atomic E-state index is 0.0159. The van der Waals surface area contributed by atoms with Gasteiger partial charge in [0.15, 0.2) is 0 Å². The predicted molar refractivity (Wildman–Crippen MR) is 102 cm³/mol. The zero-order chi connectivity index (χ0) is 19.0. The number of likely N-dealkylation sites (tertiary alicyclic amines) is 1. The van der Waals surface area contributed by atoms with Gasteiger partial charge in [-0.2, -0.15) is 0 Å². The highest BCUT2D eigenvalue weighted by Gasteiger charge is 2.42. The normalized spacial score (nSPS) is 28.6. The third kappa shape index (κ3) is 5.32. The highest BCUT2D eigenvalue weighted by molar-refractivity contribution is 8.01. The zero-order valence-electron chi connectivity index (χ0n) is 16.6. The average Bonchev–Trinajstić information content (AvgIpc) is 2.72. The van der Waals surface area contributed by atoms with Gasteiger partial charge in [0.25, 0.3) is 0 Å². The first-order chi connectivity index (χ1) is 11.4. The highest BCUT2D eigenvalue weighted by atomic mass is 32.2. The molecule has 1 saturated carbocycles. The Morgan fingerprint density at radius 2 is 1.60 bits per heavy atom. The first kappa shape index (κ1) is 20.5. The smallest absolute Gasteiger partial charge is 0.242 e. The predicted octanol–water partition coefficient (Wildman–Crippen LogP) is 4.07. The largest absolute Gasteiger partial charge is 0.299 e. The molecule has 0 aromatic heterocycles. The van der Waals surface area contributed by atoms with E-state index in [1.807, 2.05) is 20.8 Å². The molecule has 0 aromatic carbocycles. The van der Waals surface area contributed by atoms with Crippen LogP contribution >= 0.6 is 11.8 Å². The Labute approximate surface area is 156 Å². The molecular formula is C20H33NO3S. The number of carbonyl (C=O) groups excluding carboxylic acids is 3. The molecule has 1 saturated heterocycles. The van der Waals surface area contributed by atoms with Crippen molar-refractivity contribution in [2.75, 3.05) is 6.54 Å². The standard InChI is InChI=1S/C20H33NO3S/c1-19(2,3)17(23)14-9-7-13(8-10-14)12-21-16(22)11-15(18(21)24)25-20(4,5)6/h13-15H,7-12H2,1-6H3. The summed E-state index contributed by atoms with van der Waals surface area (Å²) in [5, 5.41) is -0.230. The number of rotatable bonds is 4. The minimum Gasteiger partial charge on any atom is -0.299 e. The number of ketones is 1. The van der Waals surface area contributed by atoms with Gasteiger partial charge in [-0.15, -0.1) is 11.8 Å². The van der Waals surface area contributed by atoms with Crippen molar-refractivity contribution < 1.29 is 14.4 Å². The maximum Gasteiger partial charge on any atom is 0.242 e. The van der Waals surface area contributed by atoms with E-state index in [4.69, 9.17) is 0 Å². The molecule has 0 aromatic rings. The maximum atomic E-state index is 12.6. The van der Waals surface area contributed by atoms with Gasteiger partial charge in [-0.1, -0.05) is 41.5 Å². The summed E-state index contributed by atoms with van der Waals surface area (Å²) in [4.78, 5) is 38.8. The van der Waals surface area contributed by atoms with Crippen LogP contribution in [0.15, 0.2) is 0 Å². The summed E-state index contributed by atoms with van der Waals surface area (Å²) < 4.78 is -0.0258. The molecule has 25 heavy (non-hydrogen) atoms. The van der Waals surface area contributed by atoms with Gasteiger partial charge in [-0.25, -0.2) is 0 Å². The van der Waals surface area contributed by atoms with Crippen LogP contribution in [0.25, 0.3) is 0 Å². The lowest BCUT2D eigenvalue weighted by Crippen LogP contribution is -2.38. The number of thioether (sulfide) groups is 1. The van der Waals surface area contributed by atoms with E-state index in [0.717, 1.165) is 25.7 Å². The second-order valence-corrected chi connectivity index (χ2v) is 11.6. The van der Waals surface area contributed by atoms with E-state index >= 15 is 0 Å².